The summed E-state index contributed by atoms with van der Waals surface area (Å²) in [4.78, 5) is 7.86. The van der Waals surface area contributed by atoms with E-state index < -0.39 is 28.0 Å². The molecule has 0 saturated heterocycles. The summed E-state index contributed by atoms with van der Waals surface area (Å²) in [5.74, 6) is -0.391. The number of nitrogens with zero attached hydrogens (tertiary/aromatic N) is 2. The van der Waals surface area contributed by atoms with Crippen LogP contribution >= 0.6 is 0 Å². The summed E-state index contributed by atoms with van der Waals surface area (Å²) in [6.07, 6.45) is 2.67. The summed E-state index contributed by atoms with van der Waals surface area (Å²) < 4.78 is 42.6. The molecule has 0 fully saturated rings. The molecule has 0 aliphatic rings. The standard InChI is InChI=1S/C20H21FN4O4S/c1-20(27,12-26)11-25-30(28,29)18-5-3-2-4-14(18)13-6-7-15(16(21)8-13)17-9-24-19(22)10-23-17/h2-10,25-27H,11-12H2,1H3,(H2,22,24)/t20-/m1/s1. The summed E-state index contributed by atoms with van der Waals surface area (Å²) in [5.41, 5.74) is 5.00. The van der Waals surface area contributed by atoms with Gasteiger partial charge in [-0.2, -0.15) is 0 Å². The maximum atomic E-state index is 14.8. The van der Waals surface area contributed by atoms with E-state index in [1.807, 2.05) is 0 Å². The Morgan fingerprint density at radius 2 is 1.87 bits per heavy atom. The highest BCUT2D eigenvalue weighted by atomic mass is 32.2. The van der Waals surface area contributed by atoms with Gasteiger partial charge in [-0.15, -0.1) is 0 Å². The lowest BCUT2D eigenvalue weighted by molar-refractivity contribution is 0.00681. The van der Waals surface area contributed by atoms with E-state index in [0.717, 1.165) is 0 Å². The summed E-state index contributed by atoms with van der Waals surface area (Å²) in [5, 5.41) is 19.0. The Labute approximate surface area is 173 Å². The van der Waals surface area contributed by atoms with Crippen molar-refractivity contribution >= 4 is 15.8 Å². The zero-order chi connectivity index (χ0) is 21.9. The highest BCUT2D eigenvalue weighted by Crippen LogP contribution is 2.31. The van der Waals surface area contributed by atoms with E-state index in [9.17, 15) is 17.9 Å². The molecule has 0 aliphatic carbocycles. The zero-order valence-corrected chi connectivity index (χ0v) is 16.9. The lowest BCUT2D eigenvalue weighted by atomic mass is 10.0. The van der Waals surface area contributed by atoms with Gasteiger partial charge in [0.2, 0.25) is 10.0 Å². The predicted octanol–water partition coefficient (Wildman–Crippen LogP) is 1.55. The molecule has 30 heavy (non-hydrogen) atoms. The van der Waals surface area contributed by atoms with Gasteiger partial charge >= 0.3 is 0 Å². The molecule has 10 heteroatoms. The van der Waals surface area contributed by atoms with Crippen molar-refractivity contribution in [2.45, 2.75) is 17.4 Å². The van der Waals surface area contributed by atoms with E-state index in [1.54, 1.807) is 18.2 Å². The fourth-order valence-corrected chi connectivity index (χ4v) is 4.08. The third-order valence-electron chi connectivity index (χ3n) is 4.39. The van der Waals surface area contributed by atoms with Crippen LogP contribution in [0.1, 0.15) is 6.92 Å². The van der Waals surface area contributed by atoms with Crippen molar-refractivity contribution in [1.29, 1.82) is 0 Å². The number of halogens is 1. The number of aliphatic hydroxyl groups excluding tert-OH is 1. The van der Waals surface area contributed by atoms with Crippen molar-refractivity contribution in [2.75, 3.05) is 18.9 Å². The average Bonchev–Trinajstić information content (AvgIpc) is 2.73. The number of aliphatic hydroxyl groups is 2. The van der Waals surface area contributed by atoms with E-state index in [-0.39, 0.29) is 28.4 Å². The molecule has 0 saturated carbocycles. The molecule has 1 aromatic heterocycles. The van der Waals surface area contributed by atoms with E-state index in [4.69, 9.17) is 10.8 Å². The summed E-state index contributed by atoms with van der Waals surface area (Å²) in [7, 11) is -4.04. The number of hydrogen-bond donors (Lipinski definition) is 4. The van der Waals surface area contributed by atoms with Crippen molar-refractivity contribution < 1.29 is 23.0 Å². The summed E-state index contributed by atoms with van der Waals surface area (Å²) in [6, 6.07) is 10.4. The van der Waals surface area contributed by atoms with Gasteiger partial charge in [0.05, 0.1) is 35.2 Å². The number of nitrogens with two attached hydrogens (primary N) is 1. The Bertz CT molecular complexity index is 1150. The number of rotatable bonds is 7. The van der Waals surface area contributed by atoms with Crippen molar-refractivity contribution in [2.24, 2.45) is 0 Å². The first kappa shape index (κ1) is 21.8. The first-order valence-corrected chi connectivity index (χ1v) is 10.4. The van der Waals surface area contributed by atoms with Crippen LogP contribution < -0.4 is 10.5 Å². The zero-order valence-electron chi connectivity index (χ0n) is 16.1. The predicted molar refractivity (Wildman–Crippen MR) is 110 cm³/mol. The molecule has 0 aliphatic heterocycles. The Balaban J connectivity index is 1.97. The minimum atomic E-state index is -4.04. The number of hydrogen-bond acceptors (Lipinski definition) is 7. The van der Waals surface area contributed by atoms with E-state index >= 15 is 0 Å². The van der Waals surface area contributed by atoms with Gasteiger partial charge in [-0.05, 0) is 30.7 Å². The number of nitrogens with one attached hydrogen (secondary N) is 1. The second kappa shape index (κ2) is 8.44. The molecular weight excluding hydrogens is 411 g/mol. The molecule has 0 bridgehead atoms. The van der Waals surface area contributed by atoms with Gasteiger partial charge < -0.3 is 15.9 Å². The van der Waals surface area contributed by atoms with Crippen LogP contribution in [0.5, 0.6) is 0 Å². The lowest BCUT2D eigenvalue weighted by Gasteiger charge is -2.21. The molecule has 158 valence electrons. The van der Waals surface area contributed by atoms with Crippen LogP contribution in [0.3, 0.4) is 0 Å². The summed E-state index contributed by atoms with van der Waals surface area (Å²) >= 11 is 0. The number of anilines is 1. The van der Waals surface area contributed by atoms with E-state index in [1.165, 1.54) is 43.6 Å². The Morgan fingerprint density at radius 1 is 1.13 bits per heavy atom. The maximum Gasteiger partial charge on any atom is 0.241 e. The molecule has 0 radical (unpaired) electrons. The Morgan fingerprint density at radius 3 is 2.50 bits per heavy atom. The molecule has 1 heterocycles. The van der Waals surface area contributed by atoms with Crippen LogP contribution in [0.15, 0.2) is 59.8 Å². The van der Waals surface area contributed by atoms with Crippen LogP contribution in [-0.4, -0.2) is 47.4 Å². The van der Waals surface area contributed by atoms with Crippen LogP contribution in [0.4, 0.5) is 10.2 Å². The van der Waals surface area contributed by atoms with Crippen LogP contribution in [0, 0.1) is 5.82 Å². The smallest absolute Gasteiger partial charge is 0.241 e. The topological polar surface area (TPSA) is 138 Å². The number of benzene rings is 2. The van der Waals surface area contributed by atoms with E-state index in [0.29, 0.717) is 11.3 Å². The van der Waals surface area contributed by atoms with Gasteiger partial charge in [-0.1, -0.05) is 24.3 Å². The first-order valence-electron chi connectivity index (χ1n) is 8.93. The fraction of sp³-hybridized carbons (Fsp3) is 0.200. The molecule has 3 aromatic rings. The van der Waals surface area contributed by atoms with Crippen molar-refractivity contribution in [3.63, 3.8) is 0 Å². The average molecular weight is 432 g/mol. The minimum Gasteiger partial charge on any atom is -0.393 e. The molecule has 0 amide bonds. The first-order chi connectivity index (χ1) is 14.1. The second-order valence-electron chi connectivity index (χ2n) is 7.00. The molecule has 3 rings (SSSR count). The second-order valence-corrected chi connectivity index (χ2v) is 8.73. The van der Waals surface area contributed by atoms with Gasteiger partial charge in [-0.25, -0.2) is 22.5 Å². The van der Waals surface area contributed by atoms with Gasteiger partial charge in [0, 0.05) is 17.7 Å². The van der Waals surface area contributed by atoms with Gasteiger partial charge in [0.15, 0.2) is 0 Å². The molecule has 2 aromatic carbocycles. The maximum absolute atomic E-state index is 14.8. The molecule has 5 N–H and O–H groups in total. The molecular formula is C20H21FN4O4S. The molecule has 0 unspecified atom stereocenters. The highest BCUT2D eigenvalue weighted by Gasteiger charge is 2.25. The number of sulfonamides is 1. The Hall–Kier alpha value is -2.92. The quantitative estimate of drug-likeness (QED) is 0.444. The van der Waals surface area contributed by atoms with Crippen LogP contribution in [-0.2, 0) is 10.0 Å². The molecule has 8 nitrogen and oxygen atoms in total. The van der Waals surface area contributed by atoms with Crippen molar-refractivity contribution in [1.82, 2.24) is 14.7 Å². The monoisotopic (exact) mass is 432 g/mol. The van der Waals surface area contributed by atoms with Crippen LogP contribution in [0.25, 0.3) is 22.4 Å². The molecule has 0 spiro atoms. The fourth-order valence-electron chi connectivity index (χ4n) is 2.69. The van der Waals surface area contributed by atoms with Crippen molar-refractivity contribution in [3.8, 4) is 22.4 Å². The minimum absolute atomic E-state index is 0.0850. The lowest BCUT2D eigenvalue weighted by Crippen LogP contribution is -2.43. The van der Waals surface area contributed by atoms with Gasteiger partial charge in [0.1, 0.15) is 11.6 Å². The highest BCUT2D eigenvalue weighted by molar-refractivity contribution is 7.89. The largest absolute Gasteiger partial charge is 0.393 e. The SMILES string of the molecule is C[C@](O)(CO)CNS(=O)(=O)c1ccccc1-c1ccc(-c2cnc(N)cn2)c(F)c1. The number of aromatic nitrogens is 2. The summed E-state index contributed by atoms with van der Waals surface area (Å²) in [6.45, 7) is 0.302. The van der Waals surface area contributed by atoms with Gasteiger partial charge in [-0.3, -0.25) is 4.98 Å². The normalized spacial score (nSPS) is 13.7. The van der Waals surface area contributed by atoms with Crippen LogP contribution in [0.2, 0.25) is 0 Å². The third-order valence-corrected chi connectivity index (χ3v) is 5.85. The Kier molecular flexibility index (Phi) is 6.13. The third kappa shape index (κ3) is 4.79. The number of nitrogen functional groups attached to an aromatic ring is 1. The van der Waals surface area contributed by atoms with E-state index in [2.05, 4.69) is 14.7 Å². The van der Waals surface area contributed by atoms with Gasteiger partial charge in [0.25, 0.3) is 0 Å². The van der Waals surface area contributed by atoms with Crippen molar-refractivity contribution in [3.05, 3.63) is 60.7 Å². The molecule has 1 atom stereocenters.